The Morgan fingerprint density at radius 2 is 2.05 bits per heavy atom. The van der Waals surface area contributed by atoms with E-state index in [4.69, 9.17) is 0 Å². The van der Waals surface area contributed by atoms with E-state index in [-0.39, 0.29) is 16.0 Å². The molecule has 0 bridgehead atoms. The number of anilines is 1. The molecule has 0 aliphatic carbocycles. The van der Waals surface area contributed by atoms with Crippen LogP contribution in [0, 0.1) is 0 Å². The normalized spacial score (nSPS) is 11.4. The number of aromatic amines is 1. The number of H-pyrrole nitrogens is 1. The summed E-state index contributed by atoms with van der Waals surface area (Å²) in [5.41, 5.74) is -0.915. The summed E-state index contributed by atoms with van der Waals surface area (Å²) >= 11 is 2.94. The van der Waals surface area contributed by atoms with Crippen molar-refractivity contribution in [3.8, 4) is 0 Å². The van der Waals surface area contributed by atoms with Crippen molar-refractivity contribution in [2.75, 3.05) is 5.32 Å². The summed E-state index contributed by atoms with van der Waals surface area (Å²) in [4.78, 5) is 11.6. The van der Waals surface area contributed by atoms with Gasteiger partial charge in [0.05, 0.1) is 5.56 Å². The number of alkyl halides is 3. The van der Waals surface area contributed by atoms with Crippen LogP contribution < -0.4 is 5.32 Å². The molecule has 0 unspecified atom stereocenters. The first-order valence-corrected chi connectivity index (χ1v) is 5.58. The highest BCUT2D eigenvalue weighted by Crippen LogP contribution is 2.33. The molecule has 100 valence electrons. The second-order valence-corrected chi connectivity index (χ2v) is 4.33. The zero-order valence-electron chi connectivity index (χ0n) is 8.99. The van der Waals surface area contributed by atoms with Crippen molar-refractivity contribution >= 4 is 27.5 Å². The van der Waals surface area contributed by atoms with Crippen LogP contribution in [0.4, 0.5) is 18.9 Å². The lowest BCUT2D eigenvalue weighted by Crippen LogP contribution is -2.15. The van der Waals surface area contributed by atoms with Gasteiger partial charge in [0.1, 0.15) is 0 Å². The molecule has 10 heteroatoms. The van der Waals surface area contributed by atoms with Crippen molar-refractivity contribution in [3.63, 3.8) is 0 Å². The molecule has 6 nitrogen and oxygen atoms in total. The van der Waals surface area contributed by atoms with Crippen LogP contribution in [-0.2, 0) is 6.18 Å². The molecule has 0 radical (unpaired) electrons. The second kappa shape index (κ2) is 4.96. The Morgan fingerprint density at radius 3 is 2.63 bits per heavy atom. The van der Waals surface area contributed by atoms with Gasteiger partial charge in [-0.2, -0.15) is 18.4 Å². The average Bonchev–Trinajstić information content (AvgIpc) is 2.80. The van der Waals surface area contributed by atoms with E-state index < -0.39 is 17.6 Å². The zero-order valence-corrected chi connectivity index (χ0v) is 10.6. The molecule has 19 heavy (non-hydrogen) atoms. The van der Waals surface area contributed by atoms with E-state index in [0.29, 0.717) is 0 Å². The van der Waals surface area contributed by atoms with Crippen molar-refractivity contribution < 1.29 is 18.0 Å². The van der Waals surface area contributed by atoms with Gasteiger partial charge in [0, 0.05) is 10.2 Å². The largest absolute Gasteiger partial charge is 0.416 e. The average molecular weight is 336 g/mol. The fourth-order valence-corrected chi connectivity index (χ4v) is 1.76. The van der Waals surface area contributed by atoms with Gasteiger partial charge in [-0.25, -0.2) is 0 Å². The van der Waals surface area contributed by atoms with E-state index in [1.807, 2.05) is 0 Å². The number of hydrogen-bond donors (Lipinski definition) is 2. The van der Waals surface area contributed by atoms with Crippen LogP contribution in [0.5, 0.6) is 0 Å². The van der Waals surface area contributed by atoms with Gasteiger partial charge in [-0.15, -0.1) is 10.2 Å². The molecular weight excluding hydrogens is 331 g/mol. The van der Waals surface area contributed by atoms with Crippen LogP contribution in [0.2, 0.25) is 0 Å². The van der Waals surface area contributed by atoms with Gasteiger partial charge in [-0.3, -0.25) is 4.79 Å². The van der Waals surface area contributed by atoms with Gasteiger partial charge in [0.25, 0.3) is 11.7 Å². The van der Waals surface area contributed by atoms with Gasteiger partial charge in [0.15, 0.2) is 0 Å². The van der Waals surface area contributed by atoms with Crippen molar-refractivity contribution in [2.24, 2.45) is 0 Å². The summed E-state index contributed by atoms with van der Waals surface area (Å²) in [6.45, 7) is 0. The molecule has 0 fully saturated rings. The molecule has 1 aromatic heterocycles. The van der Waals surface area contributed by atoms with Crippen molar-refractivity contribution in [2.45, 2.75) is 6.18 Å². The Kier molecular flexibility index (Phi) is 3.51. The van der Waals surface area contributed by atoms with E-state index in [2.05, 4.69) is 41.9 Å². The number of amides is 1. The molecule has 1 amide bonds. The molecule has 2 N–H and O–H groups in total. The Balaban J connectivity index is 2.26. The topological polar surface area (TPSA) is 83.6 Å². The number of carbonyl (C=O) groups excluding carboxylic acids is 1. The van der Waals surface area contributed by atoms with Crippen LogP contribution >= 0.6 is 15.9 Å². The minimum absolute atomic E-state index is 0.0310. The molecule has 0 saturated heterocycles. The van der Waals surface area contributed by atoms with Gasteiger partial charge >= 0.3 is 6.18 Å². The third-order valence-corrected chi connectivity index (χ3v) is 2.49. The number of rotatable bonds is 2. The lowest BCUT2D eigenvalue weighted by Gasteiger charge is -2.10. The molecule has 0 saturated carbocycles. The number of nitrogens with one attached hydrogen (secondary N) is 2. The molecule has 0 spiro atoms. The van der Waals surface area contributed by atoms with Gasteiger partial charge in [-0.1, -0.05) is 15.9 Å². The Hall–Kier alpha value is -1.97. The van der Waals surface area contributed by atoms with Gasteiger partial charge in [0.2, 0.25) is 0 Å². The minimum Gasteiger partial charge on any atom is -0.319 e. The smallest absolute Gasteiger partial charge is 0.319 e. The highest BCUT2D eigenvalue weighted by atomic mass is 79.9. The lowest BCUT2D eigenvalue weighted by atomic mass is 10.2. The second-order valence-electron chi connectivity index (χ2n) is 3.42. The lowest BCUT2D eigenvalue weighted by molar-refractivity contribution is -0.137. The summed E-state index contributed by atoms with van der Waals surface area (Å²) in [7, 11) is 0. The van der Waals surface area contributed by atoms with Crippen molar-refractivity contribution in [1.29, 1.82) is 0 Å². The maximum absolute atomic E-state index is 12.6. The van der Waals surface area contributed by atoms with E-state index in [0.717, 1.165) is 12.1 Å². The zero-order chi connectivity index (χ0) is 14.0. The molecule has 1 aromatic carbocycles. The first-order valence-electron chi connectivity index (χ1n) is 4.79. The first-order chi connectivity index (χ1) is 8.86. The monoisotopic (exact) mass is 335 g/mol. The Morgan fingerprint density at radius 1 is 1.32 bits per heavy atom. The van der Waals surface area contributed by atoms with E-state index in [9.17, 15) is 18.0 Å². The van der Waals surface area contributed by atoms with Crippen LogP contribution in [-0.4, -0.2) is 26.5 Å². The molecule has 2 rings (SSSR count). The fraction of sp³-hybridized carbons (Fsp3) is 0.111. The van der Waals surface area contributed by atoms with Crippen molar-refractivity contribution in [3.05, 3.63) is 34.1 Å². The van der Waals surface area contributed by atoms with Gasteiger partial charge in [-0.05, 0) is 23.4 Å². The predicted molar refractivity (Wildman–Crippen MR) is 61.3 cm³/mol. The SMILES string of the molecule is O=C(Nc1cc(Br)cc(C(F)(F)F)c1)c1nn[nH]n1. The third kappa shape index (κ3) is 3.28. The van der Waals surface area contributed by atoms with E-state index in [1.165, 1.54) is 6.07 Å². The molecule has 0 aliphatic heterocycles. The molecule has 1 heterocycles. The highest BCUT2D eigenvalue weighted by molar-refractivity contribution is 9.10. The standard InChI is InChI=1S/C9H5BrF3N5O/c10-5-1-4(9(11,12)13)2-6(3-5)14-8(19)7-15-17-18-16-7/h1-3H,(H,14,19)(H,15,16,17,18). The maximum Gasteiger partial charge on any atom is 0.416 e. The summed E-state index contributed by atoms with van der Waals surface area (Å²) in [6.07, 6.45) is -4.50. The van der Waals surface area contributed by atoms with Crippen LogP contribution in [0.1, 0.15) is 16.2 Å². The number of carbonyl (C=O) groups is 1. The number of halogens is 4. The van der Waals surface area contributed by atoms with E-state index >= 15 is 0 Å². The molecule has 0 aliphatic rings. The number of tetrazole rings is 1. The van der Waals surface area contributed by atoms with Crippen LogP contribution in [0.3, 0.4) is 0 Å². The molecule has 0 atom stereocenters. The number of benzene rings is 1. The van der Waals surface area contributed by atoms with Crippen molar-refractivity contribution in [1.82, 2.24) is 20.6 Å². The quantitative estimate of drug-likeness (QED) is 0.881. The molecular formula is C9H5BrF3N5O. The number of nitrogens with zero attached hydrogens (tertiary/aromatic N) is 3. The summed E-state index contributed by atoms with van der Waals surface area (Å²) < 4.78 is 37.9. The van der Waals surface area contributed by atoms with Gasteiger partial charge < -0.3 is 5.32 Å². The third-order valence-electron chi connectivity index (χ3n) is 2.03. The summed E-state index contributed by atoms with van der Waals surface area (Å²) in [5, 5.41) is 14.3. The minimum atomic E-state index is -4.50. The number of hydrogen-bond acceptors (Lipinski definition) is 4. The summed E-state index contributed by atoms with van der Waals surface area (Å²) in [5.74, 6) is -1.03. The predicted octanol–water partition coefficient (Wildman–Crippen LogP) is 2.23. The maximum atomic E-state index is 12.6. The summed E-state index contributed by atoms with van der Waals surface area (Å²) in [6, 6.07) is 3.04. The van der Waals surface area contributed by atoms with Crippen LogP contribution in [0.25, 0.3) is 0 Å². The highest BCUT2D eigenvalue weighted by Gasteiger charge is 2.31. The Labute approximate surface area is 112 Å². The van der Waals surface area contributed by atoms with E-state index in [1.54, 1.807) is 0 Å². The number of aromatic nitrogens is 4. The van der Waals surface area contributed by atoms with Crippen LogP contribution in [0.15, 0.2) is 22.7 Å². The fourth-order valence-electron chi connectivity index (χ4n) is 1.27. The Bertz CT molecular complexity index is 598. The first kappa shape index (κ1) is 13.5. The molecule has 2 aromatic rings.